The number of guanidine groups is 1. The van der Waals surface area contributed by atoms with Crippen molar-refractivity contribution < 1.29 is 18.4 Å². The topological polar surface area (TPSA) is 108 Å². The number of rotatable bonds is 7. The highest BCUT2D eigenvalue weighted by Crippen LogP contribution is 2.32. The predicted octanol–water partition coefficient (Wildman–Crippen LogP) is 3.60. The van der Waals surface area contributed by atoms with Gasteiger partial charge in [-0.3, -0.25) is 4.79 Å². The summed E-state index contributed by atoms with van der Waals surface area (Å²) in [5, 5.41) is 15.0. The number of benzene rings is 2. The van der Waals surface area contributed by atoms with Crippen LogP contribution in [0, 0.1) is 11.6 Å². The van der Waals surface area contributed by atoms with Crippen LogP contribution in [0.4, 0.5) is 14.5 Å². The van der Waals surface area contributed by atoms with Crippen LogP contribution in [0.15, 0.2) is 57.8 Å². The smallest absolute Gasteiger partial charge is 0.217 e. The fourth-order valence-corrected chi connectivity index (χ4v) is 4.99. The molecule has 0 saturated carbocycles. The maximum Gasteiger partial charge on any atom is 0.217 e. The third-order valence-electron chi connectivity index (χ3n) is 6.94. The van der Waals surface area contributed by atoms with Gasteiger partial charge >= 0.3 is 0 Å². The minimum atomic E-state index is -0.675. The van der Waals surface area contributed by atoms with E-state index >= 15 is 8.78 Å². The average molecular weight is 540 g/mol. The number of carbonyl (C=O) groups is 1. The van der Waals surface area contributed by atoms with Crippen LogP contribution >= 0.6 is 0 Å². The molecule has 2 aliphatic heterocycles. The van der Waals surface area contributed by atoms with Gasteiger partial charge in [-0.05, 0) is 31.5 Å². The van der Waals surface area contributed by atoms with Crippen molar-refractivity contribution in [3.63, 3.8) is 0 Å². The number of anilines is 1. The van der Waals surface area contributed by atoms with Crippen LogP contribution in [0.25, 0.3) is 0 Å². The van der Waals surface area contributed by atoms with E-state index in [0.29, 0.717) is 30.8 Å². The normalized spacial score (nSPS) is 22.6. The largest absolute Gasteiger partial charge is 0.390 e. The minimum absolute atomic E-state index is 0.0798. The lowest BCUT2D eigenvalue weighted by atomic mass is 10.0. The van der Waals surface area contributed by atoms with Gasteiger partial charge < -0.3 is 25.7 Å². The van der Waals surface area contributed by atoms with Crippen LogP contribution < -0.4 is 16.0 Å². The van der Waals surface area contributed by atoms with Crippen molar-refractivity contribution in [2.45, 2.75) is 58.2 Å². The summed E-state index contributed by atoms with van der Waals surface area (Å²) in [6.45, 7) is 8.35. The lowest BCUT2D eigenvalue weighted by molar-refractivity contribution is -0.119. The highest BCUT2D eigenvalue weighted by molar-refractivity contribution is 6.01. The summed E-state index contributed by atoms with van der Waals surface area (Å²) in [5.74, 6) is -1.20. The summed E-state index contributed by atoms with van der Waals surface area (Å²) in [5.41, 5.74) is 8.02. The summed E-state index contributed by atoms with van der Waals surface area (Å²) in [4.78, 5) is 20.1. The second kappa shape index (κ2) is 12.2. The molecule has 4 unspecified atom stereocenters. The molecular weight excluding hydrogens is 504 g/mol. The molecule has 39 heavy (non-hydrogen) atoms. The molecule has 0 radical (unpaired) electrons. The zero-order valence-corrected chi connectivity index (χ0v) is 22.6. The SMILES string of the molecule is CC(=O)NCC1CC(c2cc(F)c(N3C(C)CN(/C(N)=N/N=C\C(C)c4ccccc4)CC3C)c(F)c2)=NO1. The number of hydrogen-bond donors (Lipinski definition) is 2. The van der Waals surface area contributed by atoms with Gasteiger partial charge in [0, 0.05) is 56.2 Å². The van der Waals surface area contributed by atoms with E-state index in [4.69, 9.17) is 10.6 Å². The average Bonchev–Trinajstić information content (AvgIpc) is 3.38. The fraction of sp³-hybridized carbons (Fsp3) is 0.429. The Kier molecular flexibility index (Phi) is 8.78. The monoisotopic (exact) mass is 539 g/mol. The summed E-state index contributed by atoms with van der Waals surface area (Å²) in [7, 11) is 0. The maximum atomic E-state index is 15.4. The first-order valence-corrected chi connectivity index (χ1v) is 13.1. The molecule has 4 rings (SSSR count). The van der Waals surface area contributed by atoms with Gasteiger partial charge in [0.15, 0.2) is 0 Å². The van der Waals surface area contributed by atoms with Gasteiger partial charge in [0.25, 0.3) is 0 Å². The van der Waals surface area contributed by atoms with E-state index in [2.05, 4.69) is 20.7 Å². The van der Waals surface area contributed by atoms with E-state index in [0.717, 1.165) is 5.56 Å². The summed E-state index contributed by atoms with van der Waals surface area (Å²) < 4.78 is 30.7. The highest BCUT2D eigenvalue weighted by atomic mass is 19.1. The number of carbonyl (C=O) groups excluding carboxylic acids is 1. The summed E-state index contributed by atoms with van der Waals surface area (Å²) in [6.07, 6.45) is 1.70. The van der Waals surface area contributed by atoms with Gasteiger partial charge in [0.05, 0.1) is 12.3 Å². The molecule has 4 atom stereocenters. The second-order valence-corrected chi connectivity index (χ2v) is 10.1. The Balaban J connectivity index is 1.42. The Morgan fingerprint density at radius 1 is 1.21 bits per heavy atom. The molecule has 11 heteroatoms. The zero-order chi connectivity index (χ0) is 28.1. The minimum Gasteiger partial charge on any atom is -0.390 e. The van der Waals surface area contributed by atoms with Crippen LogP contribution in [0.1, 0.15) is 51.2 Å². The molecule has 1 amide bonds. The molecule has 1 fully saturated rings. The lowest BCUT2D eigenvalue weighted by Crippen LogP contribution is -2.60. The van der Waals surface area contributed by atoms with Gasteiger partial charge in [-0.2, -0.15) is 5.10 Å². The van der Waals surface area contributed by atoms with Crippen molar-refractivity contribution in [2.75, 3.05) is 24.5 Å². The van der Waals surface area contributed by atoms with Gasteiger partial charge in [-0.1, -0.05) is 42.4 Å². The molecule has 0 bridgehead atoms. The number of amides is 1. The van der Waals surface area contributed by atoms with Gasteiger partial charge in [-0.15, -0.1) is 5.10 Å². The van der Waals surface area contributed by atoms with E-state index in [9.17, 15) is 4.79 Å². The molecule has 1 saturated heterocycles. The Morgan fingerprint density at radius 2 is 1.85 bits per heavy atom. The van der Waals surface area contributed by atoms with E-state index in [1.807, 2.05) is 56.0 Å². The number of nitrogens with one attached hydrogen (secondary N) is 1. The summed E-state index contributed by atoms with van der Waals surface area (Å²) in [6, 6.07) is 12.0. The van der Waals surface area contributed by atoms with Gasteiger partial charge in [0.2, 0.25) is 11.9 Å². The van der Waals surface area contributed by atoms with Gasteiger partial charge in [0.1, 0.15) is 23.4 Å². The van der Waals surface area contributed by atoms with Crippen molar-refractivity contribution in [3.8, 4) is 0 Å². The zero-order valence-electron chi connectivity index (χ0n) is 22.6. The number of nitrogens with zero attached hydrogens (tertiary/aromatic N) is 5. The molecular formula is C28H35F2N7O2. The molecule has 3 N–H and O–H groups in total. The number of piperazine rings is 1. The Bertz CT molecular complexity index is 1230. The third kappa shape index (κ3) is 6.71. The van der Waals surface area contributed by atoms with Crippen molar-refractivity contribution in [3.05, 3.63) is 65.2 Å². The molecule has 9 nitrogen and oxygen atoms in total. The van der Waals surface area contributed by atoms with E-state index < -0.39 is 11.6 Å². The van der Waals surface area contributed by atoms with Crippen molar-refractivity contribution in [1.82, 2.24) is 10.2 Å². The highest BCUT2D eigenvalue weighted by Gasteiger charge is 2.34. The van der Waals surface area contributed by atoms with Crippen LogP contribution in [-0.2, 0) is 9.63 Å². The van der Waals surface area contributed by atoms with Crippen LogP contribution in [0.3, 0.4) is 0 Å². The van der Waals surface area contributed by atoms with Crippen LogP contribution in [0.2, 0.25) is 0 Å². The molecule has 2 aliphatic rings. The van der Waals surface area contributed by atoms with E-state index in [-0.39, 0.29) is 48.2 Å². The summed E-state index contributed by atoms with van der Waals surface area (Å²) >= 11 is 0. The maximum absolute atomic E-state index is 15.4. The molecule has 0 spiro atoms. The molecule has 2 heterocycles. The Hall–Kier alpha value is -4.02. The quantitative estimate of drug-likeness (QED) is 0.318. The molecule has 2 aromatic carbocycles. The Labute approximate surface area is 227 Å². The van der Waals surface area contributed by atoms with Gasteiger partial charge in [-0.25, -0.2) is 8.78 Å². The van der Waals surface area contributed by atoms with Crippen molar-refractivity contribution in [2.24, 2.45) is 21.1 Å². The number of nitrogens with two attached hydrogens (primary N) is 1. The van der Waals surface area contributed by atoms with Crippen LogP contribution in [0.5, 0.6) is 0 Å². The fourth-order valence-electron chi connectivity index (χ4n) is 4.99. The number of hydrogen-bond acceptors (Lipinski definition) is 6. The molecule has 2 aromatic rings. The van der Waals surface area contributed by atoms with Crippen LogP contribution in [-0.4, -0.2) is 66.5 Å². The predicted molar refractivity (Wildman–Crippen MR) is 149 cm³/mol. The number of halogens is 2. The van der Waals surface area contributed by atoms with Crippen molar-refractivity contribution >= 4 is 29.5 Å². The molecule has 0 aromatic heterocycles. The molecule has 208 valence electrons. The van der Waals surface area contributed by atoms with E-state index in [1.54, 1.807) is 11.1 Å². The third-order valence-corrected chi connectivity index (χ3v) is 6.94. The van der Waals surface area contributed by atoms with E-state index in [1.165, 1.54) is 19.1 Å². The first-order valence-electron chi connectivity index (χ1n) is 13.1. The lowest BCUT2D eigenvalue weighted by Gasteiger charge is -2.46. The molecule has 0 aliphatic carbocycles. The van der Waals surface area contributed by atoms with Crippen molar-refractivity contribution in [1.29, 1.82) is 0 Å². The first-order chi connectivity index (χ1) is 18.6. The Morgan fingerprint density at radius 3 is 2.46 bits per heavy atom. The standard InChI is InChI=1S/C28H35F2N7O2/c1-17(21-8-6-5-7-9-21)13-33-34-28(31)36-15-18(2)37(19(3)16-36)27-24(29)10-22(11-25(27)30)26-12-23(39-35-26)14-32-20(4)38/h5-11,13,17-19,23H,12,14-16H2,1-4H3,(H2,31,34)(H,32,38)/b33-13-. The first kappa shape index (κ1) is 28.0. The second-order valence-electron chi connectivity index (χ2n) is 10.1. The number of oxime groups is 1.